The smallest absolute Gasteiger partial charge is 0.329 e. The highest BCUT2D eigenvalue weighted by molar-refractivity contribution is 6.01. The molecule has 7 heteroatoms. The number of carboxylic acid groups (broad SMARTS) is 1. The number of imide groups is 1. The largest absolute Gasteiger partial charge is 0.480 e. The van der Waals surface area contributed by atoms with Crippen LogP contribution in [-0.4, -0.2) is 71.6 Å². The van der Waals surface area contributed by atoms with Crippen molar-refractivity contribution >= 4 is 17.8 Å². The average Bonchev–Trinajstić information content (AvgIpc) is 2.75. The minimum absolute atomic E-state index is 0.00241. The molecule has 0 radical (unpaired) electrons. The SMILES string of the molecule is O=C(O)COC1CCN(CCN2C(=O)CCC2=O)CC1. The maximum Gasteiger partial charge on any atom is 0.329 e. The van der Waals surface area contributed by atoms with Gasteiger partial charge in [0.15, 0.2) is 0 Å². The summed E-state index contributed by atoms with van der Waals surface area (Å²) >= 11 is 0. The van der Waals surface area contributed by atoms with Gasteiger partial charge in [0.05, 0.1) is 6.10 Å². The quantitative estimate of drug-likeness (QED) is 0.674. The molecule has 0 aliphatic carbocycles. The van der Waals surface area contributed by atoms with E-state index in [1.165, 1.54) is 4.90 Å². The monoisotopic (exact) mass is 284 g/mol. The Morgan fingerprint density at radius 2 is 1.75 bits per heavy atom. The lowest BCUT2D eigenvalue weighted by Gasteiger charge is -2.32. The van der Waals surface area contributed by atoms with Crippen LogP contribution in [0.3, 0.4) is 0 Å². The number of aliphatic carboxylic acids is 1. The van der Waals surface area contributed by atoms with Crippen LogP contribution in [0.5, 0.6) is 0 Å². The van der Waals surface area contributed by atoms with Crippen LogP contribution >= 0.6 is 0 Å². The van der Waals surface area contributed by atoms with Gasteiger partial charge < -0.3 is 14.7 Å². The number of rotatable bonds is 6. The van der Waals surface area contributed by atoms with Crippen molar-refractivity contribution in [3.05, 3.63) is 0 Å². The van der Waals surface area contributed by atoms with Crippen molar-refractivity contribution in [1.29, 1.82) is 0 Å². The molecule has 7 nitrogen and oxygen atoms in total. The van der Waals surface area contributed by atoms with E-state index in [0.29, 0.717) is 25.9 Å². The molecule has 0 saturated carbocycles. The predicted octanol–water partition coefficient (Wildman–Crippen LogP) is -0.299. The molecule has 2 aliphatic rings. The lowest BCUT2D eigenvalue weighted by molar-refractivity contribution is -0.145. The molecule has 2 rings (SSSR count). The van der Waals surface area contributed by atoms with E-state index in [9.17, 15) is 14.4 Å². The van der Waals surface area contributed by atoms with Crippen LogP contribution in [0.25, 0.3) is 0 Å². The number of nitrogens with zero attached hydrogens (tertiary/aromatic N) is 2. The summed E-state index contributed by atoms with van der Waals surface area (Å²) in [6, 6.07) is 0. The molecule has 20 heavy (non-hydrogen) atoms. The Kier molecular flexibility index (Phi) is 5.08. The first-order chi connectivity index (χ1) is 9.56. The van der Waals surface area contributed by atoms with Gasteiger partial charge in [0.2, 0.25) is 11.8 Å². The number of carbonyl (C=O) groups is 3. The van der Waals surface area contributed by atoms with Crippen LogP contribution < -0.4 is 0 Å². The summed E-state index contributed by atoms with van der Waals surface area (Å²) in [6.45, 7) is 2.50. The second-order valence-electron chi connectivity index (χ2n) is 5.18. The minimum Gasteiger partial charge on any atom is -0.480 e. The van der Waals surface area contributed by atoms with Gasteiger partial charge >= 0.3 is 5.97 Å². The van der Waals surface area contributed by atoms with E-state index in [1.807, 2.05) is 0 Å². The van der Waals surface area contributed by atoms with Crippen LogP contribution in [0.4, 0.5) is 0 Å². The fourth-order valence-corrected chi connectivity index (χ4v) is 2.60. The molecule has 0 aromatic rings. The van der Waals surface area contributed by atoms with Crippen molar-refractivity contribution in [3.8, 4) is 0 Å². The number of likely N-dealkylation sites (tertiary alicyclic amines) is 2. The third-order valence-electron chi connectivity index (χ3n) is 3.77. The zero-order chi connectivity index (χ0) is 14.5. The molecule has 2 heterocycles. The Morgan fingerprint density at radius 1 is 1.15 bits per heavy atom. The zero-order valence-electron chi connectivity index (χ0n) is 11.4. The topological polar surface area (TPSA) is 87.2 Å². The van der Waals surface area contributed by atoms with E-state index < -0.39 is 5.97 Å². The zero-order valence-corrected chi connectivity index (χ0v) is 11.4. The highest BCUT2D eigenvalue weighted by Crippen LogP contribution is 2.15. The third-order valence-corrected chi connectivity index (χ3v) is 3.77. The molecule has 2 amide bonds. The van der Waals surface area contributed by atoms with E-state index in [1.54, 1.807) is 0 Å². The number of amides is 2. The molecule has 2 aliphatic heterocycles. The first-order valence-electron chi connectivity index (χ1n) is 6.95. The Hall–Kier alpha value is -1.47. The first kappa shape index (κ1) is 14.9. The third kappa shape index (κ3) is 4.01. The Morgan fingerprint density at radius 3 is 2.30 bits per heavy atom. The molecule has 0 bridgehead atoms. The van der Waals surface area contributed by atoms with Crippen molar-refractivity contribution in [2.45, 2.75) is 31.8 Å². The molecule has 0 aromatic carbocycles. The number of carboxylic acids is 1. The standard InChI is InChI=1S/C13H20N2O5/c16-11-1-2-12(17)15(11)8-7-14-5-3-10(4-6-14)20-9-13(18)19/h10H,1-9H2,(H,18,19). The summed E-state index contributed by atoms with van der Waals surface area (Å²) in [7, 11) is 0. The van der Waals surface area contributed by atoms with E-state index in [2.05, 4.69) is 4.90 Å². The summed E-state index contributed by atoms with van der Waals surface area (Å²) in [6.07, 6.45) is 2.25. The van der Waals surface area contributed by atoms with Crippen molar-refractivity contribution in [1.82, 2.24) is 9.80 Å². The molecule has 112 valence electrons. The summed E-state index contributed by atoms with van der Waals surface area (Å²) in [4.78, 5) is 36.9. The molecule has 0 unspecified atom stereocenters. The van der Waals surface area contributed by atoms with Gasteiger partial charge in [-0.05, 0) is 12.8 Å². The van der Waals surface area contributed by atoms with Crippen LogP contribution in [0.1, 0.15) is 25.7 Å². The molecule has 2 fully saturated rings. The van der Waals surface area contributed by atoms with Crippen molar-refractivity contribution in [3.63, 3.8) is 0 Å². The van der Waals surface area contributed by atoms with E-state index >= 15 is 0 Å². The maximum atomic E-state index is 11.5. The lowest BCUT2D eigenvalue weighted by Crippen LogP contribution is -2.43. The normalized spacial score (nSPS) is 21.7. The van der Waals surface area contributed by atoms with Crippen LogP contribution in [0.15, 0.2) is 0 Å². The lowest BCUT2D eigenvalue weighted by atomic mass is 10.1. The number of piperidine rings is 1. The van der Waals surface area contributed by atoms with Gasteiger partial charge in [0.1, 0.15) is 6.61 Å². The van der Waals surface area contributed by atoms with Gasteiger partial charge in [-0.1, -0.05) is 0 Å². The van der Waals surface area contributed by atoms with E-state index in [-0.39, 0.29) is 24.5 Å². The fourth-order valence-electron chi connectivity index (χ4n) is 2.60. The Labute approximate surface area is 117 Å². The molecule has 0 spiro atoms. The molecular weight excluding hydrogens is 264 g/mol. The summed E-state index contributed by atoms with van der Waals surface area (Å²) < 4.78 is 5.26. The molecule has 2 saturated heterocycles. The second-order valence-corrected chi connectivity index (χ2v) is 5.18. The van der Waals surface area contributed by atoms with Gasteiger partial charge in [-0.3, -0.25) is 14.5 Å². The Bertz CT molecular complexity index is 374. The van der Waals surface area contributed by atoms with Crippen LogP contribution in [-0.2, 0) is 19.1 Å². The van der Waals surface area contributed by atoms with Crippen LogP contribution in [0, 0.1) is 0 Å². The number of hydrogen-bond donors (Lipinski definition) is 1. The number of ether oxygens (including phenoxy) is 1. The van der Waals surface area contributed by atoms with Gasteiger partial charge in [0, 0.05) is 39.0 Å². The minimum atomic E-state index is -0.946. The van der Waals surface area contributed by atoms with Gasteiger partial charge in [-0.2, -0.15) is 0 Å². The van der Waals surface area contributed by atoms with Gasteiger partial charge in [0.25, 0.3) is 0 Å². The first-order valence-corrected chi connectivity index (χ1v) is 6.95. The van der Waals surface area contributed by atoms with Crippen molar-refractivity contribution in [2.24, 2.45) is 0 Å². The number of hydrogen-bond acceptors (Lipinski definition) is 5. The average molecular weight is 284 g/mol. The fraction of sp³-hybridized carbons (Fsp3) is 0.769. The second kappa shape index (κ2) is 6.81. The van der Waals surface area contributed by atoms with E-state index in [4.69, 9.17) is 9.84 Å². The van der Waals surface area contributed by atoms with Crippen molar-refractivity contribution in [2.75, 3.05) is 32.8 Å². The van der Waals surface area contributed by atoms with E-state index in [0.717, 1.165) is 25.9 Å². The summed E-state index contributed by atoms with van der Waals surface area (Å²) in [5.74, 6) is -1.09. The molecule has 0 atom stereocenters. The molecule has 0 aromatic heterocycles. The maximum absolute atomic E-state index is 11.5. The molecular formula is C13H20N2O5. The summed E-state index contributed by atoms with van der Waals surface area (Å²) in [5.41, 5.74) is 0. The Balaban J connectivity index is 1.66. The summed E-state index contributed by atoms with van der Waals surface area (Å²) in [5, 5.41) is 8.55. The molecule has 1 N–H and O–H groups in total. The highest BCUT2D eigenvalue weighted by Gasteiger charge is 2.29. The highest BCUT2D eigenvalue weighted by atomic mass is 16.5. The van der Waals surface area contributed by atoms with Crippen LogP contribution in [0.2, 0.25) is 0 Å². The predicted molar refractivity (Wildman–Crippen MR) is 69.0 cm³/mol. The van der Waals surface area contributed by atoms with Gasteiger partial charge in [-0.25, -0.2) is 4.79 Å². The number of carbonyl (C=O) groups excluding carboxylic acids is 2. The van der Waals surface area contributed by atoms with Crippen molar-refractivity contribution < 1.29 is 24.2 Å². The van der Waals surface area contributed by atoms with Gasteiger partial charge in [-0.15, -0.1) is 0 Å².